The molecule has 0 amide bonds. The van der Waals surface area contributed by atoms with Crippen molar-refractivity contribution >= 4 is 12.3 Å². The second kappa shape index (κ2) is 3.29. The molecule has 0 heterocycles. The highest BCUT2D eigenvalue weighted by atomic mass is 19.3. The number of hydrogen-bond donors (Lipinski definition) is 0. The van der Waals surface area contributed by atoms with E-state index in [9.17, 15) is 18.4 Å². The Bertz CT molecular complexity index is 265. The van der Waals surface area contributed by atoms with E-state index in [4.69, 9.17) is 0 Å². The number of rotatable bonds is 4. The van der Waals surface area contributed by atoms with Crippen LogP contribution in [0.3, 0.4) is 0 Å². The fourth-order valence-electron chi connectivity index (χ4n) is 1.63. The summed E-state index contributed by atoms with van der Waals surface area (Å²) >= 11 is 0. The number of aldehydes is 1. The van der Waals surface area contributed by atoms with Gasteiger partial charge in [0, 0.05) is 19.3 Å². The summed E-state index contributed by atoms with van der Waals surface area (Å²) in [4.78, 5) is 20.6. The molecule has 2 atom stereocenters. The van der Waals surface area contributed by atoms with Gasteiger partial charge in [-0.15, -0.1) is 0 Å². The molecule has 1 saturated carbocycles. The monoisotopic (exact) mass is 206 g/mol. The van der Waals surface area contributed by atoms with Crippen LogP contribution in [0.5, 0.6) is 0 Å². The quantitative estimate of drug-likeness (QED) is 0.516. The lowest BCUT2D eigenvalue weighted by Crippen LogP contribution is -2.16. The maximum atomic E-state index is 13.1. The van der Waals surface area contributed by atoms with Crippen LogP contribution in [0.1, 0.15) is 20.3 Å². The second-order valence-corrected chi connectivity index (χ2v) is 3.78. The van der Waals surface area contributed by atoms with Crippen molar-refractivity contribution in [1.82, 2.24) is 0 Å². The first kappa shape index (κ1) is 11.1. The normalized spacial score (nSPS) is 33.6. The molecule has 0 radical (unpaired) electrons. The molecule has 0 unspecified atom stereocenters. The van der Waals surface area contributed by atoms with Crippen LogP contribution in [-0.4, -0.2) is 24.8 Å². The summed E-state index contributed by atoms with van der Waals surface area (Å²) in [6, 6.07) is 0. The lowest BCUT2D eigenvalue weighted by Gasteiger charge is -2.09. The minimum atomic E-state index is -2.90. The van der Waals surface area contributed by atoms with Crippen molar-refractivity contribution in [3.05, 3.63) is 0 Å². The molecule has 5 heteroatoms. The van der Waals surface area contributed by atoms with Gasteiger partial charge < -0.3 is 9.53 Å². The SMILES string of the molecule is CC(=O)OC[C@@]1(C)[C@H](CC=O)C1(F)F. The van der Waals surface area contributed by atoms with Gasteiger partial charge in [0.05, 0.1) is 5.41 Å². The van der Waals surface area contributed by atoms with Gasteiger partial charge in [-0.1, -0.05) is 6.92 Å². The predicted molar refractivity (Wildman–Crippen MR) is 43.9 cm³/mol. The van der Waals surface area contributed by atoms with E-state index in [1.54, 1.807) is 0 Å². The van der Waals surface area contributed by atoms with Crippen molar-refractivity contribution < 1.29 is 23.1 Å². The largest absolute Gasteiger partial charge is 0.465 e. The fraction of sp³-hybridized carbons (Fsp3) is 0.778. The summed E-state index contributed by atoms with van der Waals surface area (Å²) in [5.41, 5.74) is -1.36. The zero-order valence-electron chi connectivity index (χ0n) is 8.05. The summed E-state index contributed by atoms with van der Waals surface area (Å²) in [5.74, 6) is -4.48. The Balaban J connectivity index is 2.58. The Kier molecular flexibility index (Phi) is 2.61. The topological polar surface area (TPSA) is 43.4 Å². The molecule has 3 nitrogen and oxygen atoms in total. The van der Waals surface area contributed by atoms with E-state index in [1.807, 2.05) is 0 Å². The Morgan fingerprint density at radius 3 is 2.57 bits per heavy atom. The molecule has 0 aliphatic heterocycles. The summed E-state index contributed by atoms with van der Waals surface area (Å²) in [6.07, 6.45) is 0.280. The maximum Gasteiger partial charge on any atom is 0.302 e. The number of halogens is 2. The maximum absolute atomic E-state index is 13.1. The number of esters is 1. The van der Waals surface area contributed by atoms with E-state index in [1.165, 1.54) is 13.8 Å². The Morgan fingerprint density at radius 2 is 2.14 bits per heavy atom. The molecule has 0 aromatic carbocycles. The van der Waals surface area contributed by atoms with Crippen molar-refractivity contribution in [2.24, 2.45) is 11.3 Å². The summed E-state index contributed by atoms with van der Waals surface area (Å²) in [5, 5.41) is 0. The summed E-state index contributed by atoms with van der Waals surface area (Å²) < 4.78 is 30.8. The predicted octanol–water partition coefficient (Wildman–Crippen LogP) is 1.41. The Hall–Kier alpha value is -1.00. The van der Waals surface area contributed by atoms with Gasteiger partial charge in [-0.3, -0.25) is 4.79 Å². The minimum Gasteiger partial charge on any atom is -0.465 e. The molecule has 1 fully saturated rings. The van der Waals surface area contributed by atoms with E-state index in [-0.39, 0.29) is 13.0 Å². The van der Waals surface area contributed by atoms with Crippen LogP contribution in [0, 0.1) is 11.3 Å². The molecule has 0 saturated heterocycles. The van der Waals surface area contributed by atoms with E-state index < -0.39 is 23.2 Å². The lowest BCUT2D eigenvalue weighted by atomic mass is 10.1. The molecule has 0 aromatic heterocycles. The van der Waals surface area contributed by atoms with Crippen molar-refractivity contribution in [3.8, 4) is 0 Å². The van der Waals surface area contributed by atoms with Crippen LogP contribution >= 0.6 is 0 Å². The summed E-state index contributed by atoms with van der Waals surface area (Å²) in [6.45, 7) is 2.16. The number of ether oxygens (including phenoxy) is 1. The molecule has 0 bridgehead atoms. The summed E-state index contributed by atoms with van der Waals surface area (Å²) in [7, 11) is 0. The molecule has 80 valence electrons. The molecular formula is C9H12F2O3. The average molecular weight is 206 g/mol. The van der Waals surface area contributed by atoms with Gasteiger partial charge in [-0.05, 0) is 0 Å². The Labute approximate surface area is 80.4 Å². The molecule has 0 aromatic rings. The molecule has 0 spiro atoms. The van der Waals surface area contributed by atoms with E-state index >= 15 is 0 Å². The first-order chi connectivity index (χ1) is 6.36. The number of carbonyl (C=O) groups is 2. The fourth-order valence-corrected chi connectivity index (χ4v) is 1.63. The zero-order valence-corrected chi connectivity index (χ0v) is 8.05. The average Bonchev–Trinajstić information content (AvgIpc) is 2.48. The van der Waals surface area contributed by atoms with Crippen LogP contribution in [0.2, 0.25) is 0 Å². The molecular weight excluding hydrogens is 194 g/mol. The first-order valence-corrected chi connectivity index (χ1v) is 4.31. The van der Waals surface area contributed by atoms with E-state index in [2.05, 4.69) is 4.74 Å². The van der Waals surface area contributed by atoms with Crippen LogP contribution < -0.4 is 0 Å². The third-order valence-corrected chi connectivity index (χ3v) is 2.79. The number of alkyl halides is 2. The third-order valence-electron chi connectivity index (χ3n) is 2.79. The Morgan fingerprint density at radius 1 is 1.57 bits per heavy atom. The number of carbonyl (C=O) groups excluding carboxylic acids is 2. The molecule has 0 N–H and O–H groups in total. The van der Waals surface area contributed by atoms with Crippen molar-refractivity contribution in [1.29, 1.82) is 0 Å². The highest BCUT2D eigenvalue weighted by Gasteiger charge is 2.77. The van der Waals surface area contributed by atoms with E-state index in [0.29, 0.717) is 6.29 Å². The first-order valence-electron chi connectivity index (χ1n) is 4.31. The molecule has 1 aliphatic carbocycles. The van der Waals surface area contributed by atoms with Gasteiger partial charge >= 0.3 is 5.97 Å². The van der Waals surface area contributed by atoms with Gasteiger partial charge in [-0.2, -0.15) is 0 Å². The van der Waals surface area contributed by atoms with Gasteiger partial charge in [0.15, 0.2) is 0 Å². The highest BCUT2D eigenvalue weighted by molar-refractivity contribution is 5.66. The molecule has 1 rings (SSSR count). The standard InChI is InChI=1S/C9H12F2O3/c1-6(13)14-5-8(2)7(3-4-12)9(8,10)11/h4,7H,3,5H2,1-2H3/t7-,8-/m0/s1. The van der Waals surface area contributed by atoms with Crippen LogP contribution in [0.4, 0.5) is 8.78 Å². The minimum absolute atomic E-state index is 0.190. The third kappa shape index (κ3) is 1.51. The smallest absolute Gasteiger partial charge is 0.302 e. The van der Waals surface area contributed by atoms with Gasteiger partial charge in [-0.25, -0.2) is 8.78 Å². The zero-order chi connectivity index (χ0) is 11.0. The van der Waals surface area contributed by atoms with Gasteiger partial charge in [0.25, 0.3) is 5.92 Å². The van der Waals surface area contributed by atoms with Crippen molar-refractivity contribution in [3.63, 3.8) is 0 Å². The molecule has 14 heavy (non-hydrogen) atoms. The van der Waals surface area contributed by atoms with E-state index in [0.717, 1.165) is 0 Å². The van der Waals surface area contributed by atoms with Crippen LogP contribution in [0.15, 0.2) is 0 Å². The van der Waals surface area contributed by atoms with Crippen LogP contribution in [-0.2, 0) is 14.3 Å². The van der Waals surface area contributed by atoms with Crippen molar-refractivity contribution in [2.75, 3.05) is 6.61 Å². The molecule has 1 aliphatic rings. The van der Waals surface area contributed by atoms with Gasteiger partial charge in [0.2, 0.25) is 0 Å². The van der Waals surface area contributed by atoms with Crippen molar-refractivity contribution in [2.45, 2.75) is 26.2 Å². The lowest BCUT2D eigenvalue weighted by molar-refractivity contribution is -0.143. The second-order valence-electron chi connectivity index (χ2n) is 3.78. The van der Waals surface area contributed by atoms with Crippen LogP contribution in [0.25, 0.3) is 0 Å². The van der Waals surface area contributed by atoms with Gasteiger partial charge in [0.1, 0.15) is 12.9 Å². The highest BCUT2D eigenvalue weighted by Crippen LogP contribution is 2.66. The number of hydrogen-bond acceptors (Lipinski definition) is 3.